The van der Waals surface area contributed by atoms with Gasteiger partial charge in [-0.25, -0.2) is 14.8 Å². The van der Waals surface area contributed by atoms with E-state index in [2.05, 4.69) is 9.97 Å². The largest absolute Gasteiger partial charge is 0.476 e. The average Bonchev–Trinajstić information content (AvgIpc) is 2.16. The van der Waals surface area contributed by atoms with E-state index in [0.29, 0.717) is 11.2 Å². The van der Waals surface area contributed by atoms with E-state index in [1.54, 1.807) is 25.1 Å². The van der Waals surface area contributed by atoms with Gasteiger partial charge in [-0.1, -0.05) is 12.1 Å². The molecule has 70 valence electrons. The Hall–Kier alpha value is -1.97. The van der Waals surface area contributed by atoms with Crippen LogP contribution >= 0.6 is 0 Å². The number of aryl methyl sites for hydroxylation is 1. The van der Waals surface area contributed by atoms with Crippen molar-refractivity contribution in [2.75, 3.05) is 0 Å². The Morgan fingerprint density at radius 1 is 1.21 bits per heavy atom. The molecule has 0 radical (unpaired) electrons. The second kappa shape index (κ2) is 3.06. The van der Waals surface area contributed by atoms with Crippen LogP contribution in [-0.4, -0.2) is 21.0 Å². The fourth-order valence-electron chi connectivity index (χ4n) is 1.29. The number of carboxylic acid groups (broad SMARTS) is 1. The predicted molar refractivity (Wildman–Crippen MR) is 51.2 cm³/mol. The zero-order chi connectivity index (χ0) is 10.1. The fraction of sp³-hybridized carbons (Fsp3) is 0.100. The van der Waals surface area contributed by atoms with Crippen molar-refractivity contribution in [3.8, 4) is 0 Å². The van der Waals surface area contributed by atoms with Crippen molar-refractivity contribution in [1.82, 2.24) is 9.97 Å². The monoisotopic (exact) mass is 188 g/mol. The Morgan fingerprint density at radius 2 is 1.79 bits per heavy atom. The number of aromatic carboxylic acids is 1. The van der Waals surface area contributed by atoms with Gasteiger partial charge < -0.3 is 5.11 Å². The Morgan fingerprint density at radius 3 is 2.36 bits per heavy atom. The molecule has 0 aliphatic heterocycles. The van der Waals surface area contributed by atoms with Gasteiger partial charge in [0.25, 0.3) is 0 Å². The number of carbonyl (C=O) groups is 1. The maximum atomic E-state index is 10.8. The van der Waals surface area contributed by atoms with Gasteiger partial charge in [0.15, 0.2) is 5.69 Å². The standard InChI is InChI=1S/C10H8N2O2/c1-6-9(10(13)14)12-8-5-3-2-4-7(8)11-6/h2-5H,1H3,(H,13,14). The van der Waals surface area contributed by atoms with Crippen LogP contribution in [0.3, 0.4) is 0 Å². The Bertz CT molecular complexity index is 508. The summed E-state index contributed by atoms with van der Waals surface area (Å²) >= 11 is 0. The van der Waals surface area contributed by atoms with E-state index >= 15 is 0 Å². The maximum absolute atomic E-state index is 10.8. The molecule has 1 heterocycles. The highest BCUT2D eigenvalue weighted by Gasteiger charge is 2.10. The van der Waals surface area contributed by atoms with Crippen molar-refractivity contribution in [1.29, 1.82) is 0 Å². The number of carboxylic acids is 1. The summed E-state index contributed by atoms with van der Waals surface area (Å²) in [6.07, 6.45) is 0. The highest BCUT2D eigenvalue weighted by Crippen LogP contribution is 2.11. The van der Waals surface area contributed by atoms with Gasteiger partial charge in [0.05, 0.1) is 16.7 Å². The summed E-state index contributed by atoms with van der Waals surface area (Å²) in [5.41, 5.74) is 1.78. The Balaban J connectivity index is 2.77. The molecule has 4 nitrogen and oxygen atoms in total. The summed E-state index contributed by atoms with van der Waals surface area (Å²) in [6.45, 7) is 1.64. The molecule has 0 fully saturated rings. The number of rotatable bonds is 1. The normalized spacial score (nSPS) is 10.4. The van der Waals surface area contributed by atoms with Gasteiger partial charge in [-0.15, -0.1) is 0 Å². The molecular formula is C10H8N2O2. The summed E-state index contributed by atoms with van der Waals surface area (Å²) in [6, 6.07) is 7.20. The minimum Gasteiger partial charge on any atom is -0.476 e. The van der Waals surface area contributed by atoms with E-state index in [-0.39, 0.29) is 5.69 Å². The van der Waals surface area contributed by atoms with Crippen LogP contribution in [0.4, 0.5) is 0 Å². The minimum absolute atomic E-state index is 0.0173. The van der Waals surface area contributed by atoms with Crippen LogP contribution in [0.25, 0.3) is 11.0 Å². The third-order valence-electron chi connectivity index (χ3n) is 1.95. The van der Waals surface area contributed by atoms with Crippen LogP contribution in [0, 0.1) is 6.92 Å². The van der Waals surface area contributed by atoms with Gasteiger partial charge in [-0.3, -0.25) is 0 Å². The molecule has 0 amide bonds. The molecule has 4 heteroatoms. The van der Waals surface area contributed by atoms with Crippen LogP contribution in [0.2, 0.25) is 0 Å². The Kier molecular flexibility index (Phi) is 1.89. The first kappa shape index (κ1) is 8.62. The van der Waals surface area contributed by atoms with E-state index in [9.17, 15) is 4.79 Å². The van der Waals surface area contributed by atoms with Gasteiger partial charge in [0.2, 0.25) is 0 Å². The molecule has 2 aromatic rings. The molecule has 0 spiro atoms. The highest BCUT2D eigenvalue weighted by molar-refractivity contribution is 5.89. The molecule has 0 unspecified atom stereocenters. The molecule has 1 N–H and O–H groups in total. The topological polar surface area (TPSA) is 63.1 Å². The minimum atomic E-state index is -1.04. The SMILES string of the molecule is Cc1nc2ccccc2nc1C(=O)O. The number of benzene rings is 1. The Labute approximate surface area is 80.2 Å². The van der Waals surface area contributed by atoms with E-state index in [4.69, 9.17) is 5.11 Å². The molecular weight excluding hydrogens is 180 g/mol. The highest BCUT2D eigenvalue weighted by atomic mass is 16.4. The van der Waals surface area contributed by atoms with E-state index in [0.717, 1.165) is 5.52 Å². The first-order chi connectivity index (χ1) is 6.68. The maximum Gasteiger partial charge on any atom is 0.356 e. The average molecular weight is 188 g/mol. The first-order valence-corrected chi connectivity index (χ1v) is 4.15. The molecule has 0 saturated heterocycles. The molecule has 0 aliphatic rings. The second-order valence-corrected chi connectivity index (χ2v) is 2.95. The van der Waals surface area contributed by atoms with Crippen molar-refractivity contribution < 1.29 is 9.90 Å². The lowest BCUT2D eigenvalue weighted by molar-refractivity contribution is 0.0689. The van der Waals surface area contributed by atoms with Crippen molar-refractivity contribution in [3.63, 3.8) is 0 Å². The third kappa shape index (κ3) is 1.31. The summed E-state index contributed by atoms with van der Waals surface area (Å²) in [5, 5.41) is 8.82. The second-order valence-electron chi connectivity index (χ2n) is 2.95. The van der Waals surface area contributed by atoms with Crippen LogP contribution in [0.5, 0.6) is 0 Å². The van der Waals surface area contributed by atoms with Gasteiger partial charge in [-0.2, -0.15) is 0 Å². The van der Waals surface area contributed by atoms with Crippen LogP contribution in [0.15, 0.2) is 24.3 Å². The zero-order valence-corrected chi connectivity index (χ0v) is 7.56. The lowest BCUT2D eigenvalue weighted by Gasteiger charge is -2.01. The van der Waals surface area contributed by atoms with Crippen LogP contribution < -0.4 is 0 Å². The first-order valence-electron chi connectivity index (χ1n) is 4.15. The van der Waals surface area contributed by atoms with Gasteiger partial charge >= 0.3 is 5.97 Å². The number of nitrogens with zero attached hydrogens (tertiary/aromatic N) is 2. The number of hydrogen-bond acceptors (Lipinski definition) is 3. The summed E-state index contributed by atoms with van der Waals surface area (Å²) < 4.78 is 0. The van der Waals surface area contributed by atoms with Crippen molar-refractivity contribution in [2.45, 2.75) is 6.92 Å². The smallest absolute Gasteiger partial charge is 0.356 e. The lowest BCUT2D eigenvalue weighted by atomic mass is 10.2. The molecule has 0 saturated carbocycles. The number of aromatic nitrogens is 2. The summed E-state index contributed by atoms with van der Waals surface area (Å²) in [7, 11) is 0. The zero-order valence-electron chi connectivity index (χ0n) is 7.56. The third-order valence-corrected chi connectivity index (χ3v) is 1.95. The van der Waals surface area contributed by atoms with Crippen molar-refractivity contribution >= 4 is 17.0 Å². The lowest BCUT2D eigenvalue weighted by Crippen LogP contribution is -2.05. The number of hydrogen-bond donors (Lipinski definition) is 1. The summed E-state index contributed by atoms with van der Waals surface area (Å²) in [5.74, 6) is -1.04. The van der Waals surface area contributed by atoms with E-state index in [1.165, 1.54) is 0 Å². The molecule has 1 aromatic heterocycles. The van der Waals surface area contributed by atoms with E-state index in [1.807, 2.05) is 6.07 Å². The molecule has 0 atom stereocenters. The van der Waals surface area contributed by atoms with Crippen molar-refractivity contribution in [3.05, 3.63) is 35.7 Å². The van der Waals surface area contributed by atoms with Gasteiger partial charge in [0, 0.05) is 0 Å². The van der Waals surface area contributed by atoms with Crippen LogP contribution in [-0.2, 0) is 0 Å². The molecule has 0 aliphatic carbocycles. The van der Waals surface area contributed by atoms with Gasteiger partial charge in [-0.05, 0) is 19.1 Å². The molecule has 2 rings (SSSR count). The van der Waals surface area contributed by atoms with Gasteiger partial charge in [0.1, 0.15) is 0 Å². The number of para-hydroxylation sites is 2. The molecule has 14 heavy (non-hydrogen) atoms. The molecule has 1 aromatic carbocycles. The van der Waals surface area contributed by atoms with E-state index < -0.39 is 5.97 Å². The molecule has 0 bridgehead atoms. The quantitative estimate of drug-likeness (QED) is 0.738. The summed E-state index contributed by atoms with van der Waals surface area (Å²) in [4.78, 5) is 18.9. The van der Waals surface area contributed by atoms with Crippen LogP contribution in [0.1, 0.15) is 16.2 Å². The fourth-order valence-corrected chi connectivity index (χ4v) is 1.29. The van der Waals surface area contributed by atoms with Crippen molar-refractivity contribution in [2.24, 2.45) is 0 Å². The number of fused-ring (bicyclic) bond motifs is 1. The predicted octanol–water partition coefficient (Wildman–Crippen LogP) is 1.64.